The van der Waals surface area contributed by atoms with Gasteiger partial charge in [-0.2, -0.15) is 0 Å². The number of hydrogen-bond donors (Lipinski definition) is 0. The van der Waals surface area contributed by atoms with Gasteiger partial charge in [0.25, 0.3) is 0 Å². The SMILES string of the molecule is CC1=C(C)C[C@@H]2C(=O)N(CCOc3cc(C)ccc3C(C)(C)C)C(=O)[C@H]2C1. The van der Waals surface area contributed by atoms with Gasteiger partial charge in [0.2, 0.25) is 11.8 Å². The molecule has 3 rings (SSSR count). The molecule has 1 aliphatic carbocycles. The zero-order valence-electron chi connectivity index (χ0n) is 17.4. The van der Waals surface area contributed by atoms with E-state index in [1.807, 2.05) is 13.0 Å². The second kappa shape index (κ2) is 7.14. The topological polar surface area (TPSA) is 46.6 Å². The van der Waals surface area contributed by atoms with Gasteiger partial charge in [0.05, 0.1) is 18.4 Å². The number of benzene rings is 1. The van der Waals surface area contributed by atoms with Crippen LogP contribution in [0.15, 0.2) is 29.3 Å². The van der Waals surface area contributed by atoms with Crippen molar-refractivity contribution in [2.24, 2.45) is 11.8 Å². The molecule has 2 amide bonds. The van der Waals surface area contributed by atoms with E-state index in [1.54, 1.807) is 0 Å². The van der Waals surface area contributed by atoms with Crippen molar-refractivity contribution in [2.45, 2.75) is 59.8 Å². The molecule has 0 spiro atoms. The summed E-state index contributed by atoms with van der Waals surface area (Å²) in [5.74, 6) is 0.435. The molecule has 0 bridgehead atoms. The first kappa shape index (κ1) is 19.7. The number of fused-ring (bicyclic) bond motifs is 1. The number of hydrogen-bond acceptors (Lipinski definition) is 3. The Balaban J connectivity index is 1.68. The Kier molecular flexibility index (Phi) is 5.20. The summed E-state index contributed by atoms with van der Waals surface area (Å²) in [4.78, 5) is 26.9. The van der Waals surface area contributed by atoms with Crippen molar-refractivity contribution in [3.05, 3.63) is 40.5 Å². The first-order valence-electron chi connectivity index (χ1n) is 9.84. The molecule has 2 aliphatic rings. The monoisotopic (exact) mass is 369 g/mol. The quantitative estimate of drug-likeness (QED) is 0.584. The molecule has 0 aromatic heterocycles. The van der Waals surface area contributed by atoms with Crippen molar-refractivity contribution >= 4 is 11.8 Å². The highest BCUT2D eigenvalue weighted by Crippen LogP contribution is 2.40. The van der Waals surface area contributed by atoms with E-state index in [2.05, 4.69) is 46.8 Å². The molecule has 1 heterocycles. The number of aryl methyl sites for hydroxylation is 1. The summed E-state index contributed by atoms with van der Waals surface area (Å²) in [6, 6.07) is 6.22. The molecule has 4 nitrogen and oxygen atoms in total. The normalized spacial score (nSPS) is 23.1. The Morgan fingerprint density at radius 1 is 1.00 bits per heavy atom. The number of ether oxygens (including phenoxy) is 1. The zero-order valence-corrected chi connectivity index (χ0v) is 17.4. The van der Waals surface area contributed by atoms with Crippen molar-refractivity contribution in [1.29, 1.82) is 0 Å². The van der Waals surface area contributed by atoms with E-state index in [0.717, 1.165) is 16.9 Å². The minimum absolute atomic E-state index is 0.0271. The standard InChI is InChI=1S/C23H31NO3/c1-14-7-8-19(23(4,5)6)20(11-14)27-10-9-24-21(25)17-12-15(2)16(3)13-18(17)22(24)26/h7-8,11,17-18H,9-10,12-13H2,1-6H3/t17-,18-/m0/s1. The molecule has 0 N–H and O–H groups in total. The molecule has 27 heavy (non-hydrogen) atoms. The van der Waals surface area contributed by atoms with Gasteiger partial charge in [-0.25, -0.2) is 0 Å². The maximum atomic E-state index is 12.8. The Morgan fingerprint density at radius 3 is 2.07 bits per heavy atom. The van der Waals surface area contributed by atoms with Gasteiger partial charge < -0.3 is 4.74 Å². The largest absolute Gasteiger partial charge is 0.491 e. The molecule has 1 saturated heterocycles. The van der Waals surface area contributed by atoms with E-state index in [-0.39, 0.29) is 29.1 Å². The van der Waals surface area contributed by atoms with Crippen LogP contribution in [-0.4, -0.2) is 29.9 Å². The van der Waals surface area contributed by atoms with Crippen molar-refractivity contribution in [3.63, 3.8) is 0 Å². The molecular formula is C23H31NO3. The lowest BCUT2D eigenvalue weighted by molar-refractivity contribution is -0.140. The van der Waals surface area contributed by atoms with Gasteiger partial charge in [0.1, 0.15) is 12.4 Å². The van der Waals surface area contributed by atoms with Gasteiger partial charge in [0, 0.05) is 0 Å². The maximum absolute atomic E-state index is 12.8. The lowest BCUT2D eigenvalue weighted by atomic mass is 9.78. The van der Waals surface area contributed by atoms with Gasteiger partial charge in [-0.1, -0.05) is 44.1 Å². The highest BCUT2D eigenvalue weighted by molar-refractivity contribution is 6.05. The summed E-state index contributed by atoms with van der Waals surface area (Å²) in [7, 11) is 0. The van der Waals surface area contributed by atoms with Crippen molar-refractivity contribution in [2.75, 3.05) is 13.2 Å². The highest BCUT2D eigenvalue weighted by Gasteiger charge is 2.48. The summed E-state index contributed by atoms with van der Waals surface area (Å²) in [5.41, 5.74) is 4.75. The van der Waals surface area contributed by atoms with E-state index in [9.17, 15) is 9.59 Å². The molecule has 1 aromatic carbocycles. The van der Waals surface area contributed by atoms with Crippen LogP contribution in [-0.2, 0) is 15.0 Å². The summed E-state index contributed by atoms with van der Waals surface area (Å²) in [6.45, 7) is 13.3. The Morgan fingerprint density at radius 2 is 1.56 bits per heavy atom. The van der Waals surface area contributed by atoms with Crippen LogP contribution >= 0.6 is 0 Å². The smallest absolute Gasteiger partial charge is 0.233 e. The van der Waals surface area contributed by atoms with E-state index in [4.69, 9.17) is 4.74 Å². The van der Waals surface area contributed by atoms with Crippen molar-refractivity contribution in [1.82, 2.24) is 4.90 Å². The number of likely N-dealkylation sites (tertiary alicyclic amines) is 1. The van der Waals surface area contributed by atoms with E-state index in [0.29, 0.717) is 26.0 Å². The summed E-state index contributed by atoms with van der Waals surface area (Å²) < 4.78 is 6.04. The number of rotatable bonds is 4. The third-order valence-corrected chi connectivity index (χ3v) is 5.95. The average Bonchev–Trinajstić information content (AvgIpc) is 2.79. The summed E-state index contributed by atoms with van der Waals surface area (Å²) in [5, 5.41) is 0. The third-order valence-electron chi connectivity index (χ3n) is 5.95. The molecule has 1 fully saturated rings. The van der Waals surface area contributed by atoms with Crippen molar-refractivity contribution in [3.8, 4) is 5.75 Å². The Hall–Kier alpha value is -2.10. The minimum atomic E-state index is -0.176. The van der Waals surface area contributed by atoms with E-state index >= 15 is 0 Å². The second-order valence-electron chi connectivity index (χ2n) is 9.11. The zero-order chi connectivity index (χ0) is 19.9. The molecule has 2 atom stereocenters. The van der Waals surface area contributed by atoms with Crippen LogP contribution in [0.5, 0.6) is 5.75 Å². The fourth-order valence-electron chi connectivity index (χ4n) is 4.16. The van der Waals surface area contributed by atoms with Gasteiger partial charge in [-0.15, -0.1) is 0 Å². The summed E-state index contributed by atoms with van der Waals surface area (Å²) >= 11 is 0. The van der Waals surface area contributed by atoms with Crippen LogP contribution < -0.4 is 4.74 Å². The Bertz CT molecular complexity index is 768. The molecule has 4 heteroatoms. The molecule has 0 saturated carbocycles. The lowest BCUT2D eigenvalue weighted by Crippen LogP contribution is -2.35. The first-order chi connectivity index (χ1) is 12.6. The van der Waals surface area contributed by atoms with Crippen LogP contribution in [0.1, 0.15) is 58.6 Å². The van der Waals surface area contributed by atoms with Gasteiger partial charge in [-0.3, -0.25) is 14.5 Å². The molecule has 146 valence electrons. The van der Waals surface area contributed by atoms with Gasteiger partial charge in [0.15, 0.2) is 0 Å². The molecular weight excluding hydrogens is 338 g/mol. The Labute approximate surface area is 162 Å². The van der Waals surface area contributed by atoms with Crippen LogP contribution in [0.25, 0.3) is 0 Å². The third kappa shape index (κ3) is 3.80. The fraction of sp³-hybridized carbons (Fsp3) is 0.565. The molecule has 0 radical (unpaired) electrons. The van der Waals surface area contributed by atoms with Crippen LogP contribution in [0.3, 0.4) is 0 Å². The van der Waals surface area contributed by atoms with Crippen LogP contribution in [0.4, 0.5) is 0 Å². The second-order valence-corrected chi connectivity index (χ2v) is 9.11. The lowest BCUT2D eigenvalue weighted by Gasteiger charge is -2.24. The van der Waals surface area contributed by atoms with Crippen LogP contribution in [0.2, 0.25) is 0 Å². The van der Waals surface area contributed by atoms with Gasteiger partial charge in [-0.05, 0) is 56.2 Å². The molecule has 1 aromatic rings. The molecule has 0 unspecified atom stereocenters. The predicted octanol–water partition coefficient (Wildman–Crippen LogP) is 4.40. The number of amides is 2. The predicted molar refractivity (Wildman–Crippen MR) is 107 cm³/mol. The maximum Gasteiger partial charge on any atom is 0.233 e. The highest BCUT2D eigenvalue weighted by atomic mass is 16.5. The number of allylic oxidation sites excluding steroid dienone is 2. The first-order valence-corrected chi connectivity index (χ1v) is 9.84. The number of carbonyl (C=O) groups is 2. The fourth-order valence-corrected chi connectivity index (χ4v) is 4.16. The number of imide groups is 1. The minimum Gasteiger partial charge on any atom is -0.491 e. The number of carbonyl (C=O) groups excluding carboxylic acids is 2. The van der Waals surface area contributed by atoms with Crippen LogP contribution in [0, 0.1) is 18.8 Å². The molecule has 1 aliphatic heterocycles. The van der Waals surface area contributed by atoms with E-state index in [1.165, 1.54) is 16.0 Å². The summed E-state index contributed by atoms with van der Waals surface area (Å²) in [6.07, 6.45) is 1.43. The average molecular weight is 370 g/mol. The number of nitrogens with zero attached hydrogens (tertiary/aromatic N) is 1. The van der Waals surface area contributed by atoms with Crippen molar-refractivity contribution < 1.29 is 14.3 Å². The van der Waals surface area contributed by atoms with E-state index < -0.39 is 0 Å². The van der Waals surface area contributed by atoms with Gasteiger partial charge >= 0.3 is 0 Å².